The van der Waals surface area contributed by atoms with E-state index in [1.807, 2.05) is 14.7 Å². The van der Waals surface area contributed by atoms with Crippen LogP contribution < -0.4 is 21.3 Å². The van der Waals surface area contributed by atoms with Gasteiger partial charge in [-0.1, -0.05) is 0 Å². The summed E-state index contributed by atoms with van der Waals surface area (Å²) >= 11 is 0. The first-order valence-corrected chi connectivity index (χ1v) is 16.4. The summed E-state index contributed by atoms with van der Waals surface area (Å²) in [4.78, 5) is 80.2. The molecule has 1 heterocycles. The van der Waals surface area contributed by atoms with E-state index >= 15 is 0 Å². The molecule has 3 amide bonds. The Morgan fingerprint density at radius 2 is 0.729 bits per heavy atom. The topological polar surface area (TPSA) is 188 Å². The maximum absolute atomic E-state index is 12.9. The molecule has 276 valence electrons. The summed E-state index contributed by atoms with van der Waals surface area (Å²) < 4.78 is 15.8. The zero-order chi connectivity index (χ0) is 36.5. The molecule has 1 fully saturated rings. The largest absolute Gasteiger partial charge is 0.459 e. The SMILES string of the molecule is CC(C)(C)OC(=O)CNC(=O)CN1CCNCCN(CC(=O)NCC(=O)OC(C)(C)C)CCN(CC(=O)NCC(=O)OC(C)(C)C)CC1. The van der Waals surface area contributed by atoms with E-state index in [0.29, 0.717) is 52.4 Å². The molecular weight excluding hydrogens is 626 g/mol. The number of hydrogen-bond donors (Lipinski definition) is 4. The Morgan fingerprint density at radius 1 is 0.479 bits per heavy atom. The van der Waals surface area contributed by atoms with E-state index in [2.05, 4.69) is 21.3 Å². The van der Waals surface area contributed by atoms with Crippen LogP contribution >= 0.6 is 0 Å². The Hall–Kier alpha value is -3.34. The van der Waals surface area contributed by atoms with Gasteiger partial charge < -0.3 is 35.5 Å². The van der Waals surface area contributed by atoms with Crippen molar-refractivity contribution in [1.29, 1.82) is 0 Å². The summed E-state index contributed by atoms with van der Waals surface area (Å²) in [5.41, 5.74) is -2.00. The minimum atomic E-state index is -0.682. The third-order valence-corrected chi connectivity index (χ3v) is 6.33. The highest BCUT2D eigenvalue weighted by Gasteiger charge is 2.22. The Balaban J connectivity index is 2.88. The van der Waals surface area contributed by atoms with E-state index in [1.165, 1.54) is 0 Å². The molecule has 0 aromatic heterocycles. The van der Waals surface area contributed by atoms with Gasteiger partial charge in [-0.25, -0.2) is 0 Å². The second-order valence-electron chi connectivity index (χ2n) is 14.7. The standard InChI is InChI=1S/C32H59N7O9/c1-30(2,3)46-27(43)18-34-24(40)21-37-12-10-33-11-13-38(22-25(41)35-19-28(44)47-31(4,5)6)15-17-39(16-14-37)23-26(42)36-20-29(45)48-32(7,8)9/h33H,10-23H2,1-9H3,(H,34,40)(H,35,41)(H,36,42). The van der Waals surface area contributed by atoms with Crippen LogP contribution in [0.5, 0.6) is 0 Å². The predicted molar refractivity (Wildman–Crippen MR) is 179 cm³/mol. The number of amides is 3. The molecule has 0 saturated carbocycles. The highest BCUT2D eigenvalue weighted by molar-refractivity contribution is 5.84. The lowest BCUT2D eigenvalue weighted by atomic mass is 10.2. The van der Waals surface area contributed by atoms with Crippen LogP contribution in [0.1, 0.15) is 62.3 Å². The number of esters is 3. The molecule has 0 aliphatic carbocycles. The van der Waals surface area contributed by atoms with Crippen LogP contribution in [0.4, 0.5) is 0 Å². The van der Waals surface area contributed by atoms with Crippen LogP contribution in [-0.4, -0.2) is 159 Å². The van der Waals surface area contributed by atoms with Crippen molar-refractivity contribution in [2.75, 3.05) is 91.6 Å². The first-order valence-electron chi connectivity index (χ1n) is 16.4. The molecule has 1 saturated heterocycles. The zero-order valence-electron chi connectivity index (χ0n) is 30.4. The lowest BCUT2D eigenvalue weighted by molar-refractivity contribution is -0.155. The van der Waals surface area contributed by atoms with E-state index < -0.39 is 34.7 Å². The molecule has 0 radical (unpaired) electrons. The fourth-order valence-electron chi connectivity index (χ4n) is 4.40. The summed E-state index contributed by atoms with van der Waals surface area (Å²) in [6.07, 6.45) is 0. The van der Waals surface area contributed by atoms with Crippen molar-refractivity contribution in [2.45, 2.75) is 79.1 Å². The van der Waals surface area contributed by atoms with Gasteiger partial charge in [0.05, 0.1) is 19.6 Å². The molecule has 0 aromatic carbocycles. The molecule has 0 bridgehead atoms. The molecule has 16 heteroatoms. The van der Waals surface area contributed by atoms with Crippen LogP contribution in [0, 0.1) is 0 Å². The highest BCUT2D eigenvalue weighted by Crippen LogP contribution is 2.08. The fourth-order valence-corrected chi connectivity index (χ4v) is 4.40. The fraction of sp³-hybridized carbons (Fsp3) is 0.812. The van der Waals surface area contributed by atoms with Gasteiger partial charge in [0.25, 0.3) is 0 Å². The van der Waals surface area contributed by atoms with Crippen molar-refractivity contribution in [3.63, 3.8) is 0 Å². The smallest absolute Gasteiger partial charge is 0.325 e. The number of rotatable bonds is 12. The maximum atomic E-state index is 12.9. The average molecular weight is 686 g/mol. The van der Waals surface area contributed by atoms with Crippen molar-refractivity contribution in [1.82, 2.24) is 36.0 Å². The highest BCUT2D eigenvalue weighted by atomic mass is 16.6. The second kappa shape index (κ2) is 20.2. The summed E-state index contributed by atoms with van der Waals surface area (Å²) in [5, 5.41) is 11.2. The van der Waals surface area contributed by atoms with E-state index in [-0.39, 0.29) is 57.0 Å². The third kappa shape index (κ3) is 23.1. The Bertz CT molecular complexity index is 1020. The molecular formula is C32H59N7O9. The monoisotopic (exact) mass is 685 g/mol. The van der Waals surface area contributed by atoms with E-state index in [0.717, 1.165) is 0 Å². The van der Waals surface area contributed by atoms with E-state index in [1.54, 1.807) is 62.3 Å². The Morgan fingerprint density at radius 3 is 0.979 bits per heavy atom. The van der Waals surface area contributed by atoms with Crippen LogP contribution in [0.25, 0.3) is 0 Å². The first-order chi connectivity index (χ1) is 22.1. The lowest BCUT2D eigenvalue weighted by Gasteiger charge is -2.31. The van der Waals surface area contributed by atoms with Crippen LogP contribution in [-0.2, 0) is 43.0 Å². The van der Waals surface area contributed by atoms with Crippen molar-refractivity contribution in [3.05, 3.63) is 0 Å². The van der Waals surface area contributed by atoms with Gasteiger partial charge in [-0.15, -0.1) is 0 Å². The molecule has 0 unspecified atom stereocenters. The zero-order valence-corrected chi connectivity index (χ0v) is 30.4. The summed E-state index contributed by atoms with van der Waals surface area (Å²) in [6.45, 7) is 18.8. The summed E-state index contributed by atoms with van der Waals surface area (Å²) in [7, 11) is 0. The predicted octanol–water partition coefficient (Wildman–Crippen LogP) is -1.13. The normalized spacial score (nSPS) is 16.4. The molecule has 1 rings (SSSR count). The Kier molecular flexibility index (Phi) is 18.0. The van der Waals surface area contributed by atoms with Crippen LogP contribution in [0.3, 0.4) is 0 Å². The van der Waals surface area contributed by atoms with Crippen molar-refractivity contribution in [2.24, 2.45) is 0 Å². The van der Waals surface area contributed by atoms with Crippen molar-refractivity contribution < 1.29 is 43.0 Å². The van der Waals surface area contributed by atoms with Gasteiger partial charge in [0, 0.05) is 52.4 Å². The molecule has 48 heavy (non-hydrogen) atoms. The maximum Gasteiger partial charge on any atom is 0.325 e. The summed E-state index contributed by atoms with van der Waals surface area (Å²) in [5.74, 6) is -2.66. The van der Waals surface area contributed by atoms with Gasteiger partial charge in [0.2, 0.25) is 17.7 Å². The van der Waals surface area contributed by atoms with Crippen molar-refractivity contribution >= 4 is 35.6 Å². The van der Waals surface area contributed by atoms with Gasteiger partial charge in [0.1, 0.15) is 36.4 Å². The number of carbonyl (C=O) groups excluding carboxylic acids is 6. The Labute approximate surface area is 285 Å². The first kappa shape index (κ1) is 42.7. The third-order valence-electron chi connectivity index (χ3n) is 6.33. The average Bonchev–Trinajstić information content (AvgIpc) is 2.91. The number of hydrogen-bond acceptors (Lipinski definition) is 13. The number of nitrogens with one attached hydrogen (secondary N) is 4. The molecule has 1 aliphatic rings. The molecule has 16 nitrogen and oxygen atoms in total. The van der Waals surface area contributed by atoms with E-state index in [4.69, 9.17) is 14.2 Å². The van der Waals surface area contributed by atoms with Gasteiger partial charge in [-0.3, -0.25) is 43.5 Å². The molecule has 0 aromatic rings. The van der Waals surface area contributed by atoms with Gasteiger partial charge >= 0.3 is 17.9 Å². The minimum Gasteiger partial charge on any atom is -0.459 e. The second-order valence-corrected chi connectivity index (χ2v) is 14.7. The number of ether oxygens (including phenoxy) is 3. The number of nitrogens with zero attached hydrogens (tertiary/aromatic N) is 3. The van der Waals surface area contributed by atoms with E-state index in [9.17, 15) is 28.8 Å². The van der Waals surface area contributed by atoms with Gasteiger partial charge in [-0.2, -0.15) is 0 Å². The molecule has 1 aliphatic heterocycles. The van der Waals surface area contributed by atoms with Gasteiger partial charge in [-0.05, 0) is 62.3 Å². The van der Waals surface area contributed by atoms with Gasteiger partial charge in [0.15, 0.2) is 0 Å². The minimum absolute atomic E-state index is 0.0294. The summed E-state index contributed by atoms with van der Waals surface area (Å²) in [6, 6.07) is 0. The lowest BCUT2D eigenvalue weighted by Crippen LogP contribution is -2.50. The van der Waals surface area contributed by atoms with Crippen LogP contribution in [0.2, 0.25) is 0 Å². The molecule has 0 spiro atoms. The molecule has 4 N–H and O–H groups in total. The van der Waals surface area contributed by atoms with Crippen LogP contribution in [0.15, 0.2) is 0 Å². The molecule has 0 atom stereocenters. The van der Waals surface area contributed by atoms with Crippen molar-refractivity contribution in [3.8, 4) is 0 Å². The quantitative estimate of drug-likeness (QED) is 0.143. The number of carbonyl (C=O) groups is 6.